The van der Waals surface area contributed by atoms with Crippen molar-refractivity contribution in [2.45, 2.75) is 13.0 Å². The van der Waals surface area contributed by atoms with Crippen LogP contribution in [0.5, 0.6) is 5.75 Å². The molecule has 2 rings (SSSR count). The largest absolute Gasteiger partial charge is 0.495 e. The zero-order valence-corrected chi connectivity index (χ0v) is 16.9. The molecule has 10 heteroatoms. The number of nitrogens with zero attached hydrogens (tertiary/aromatic N) is 2. The molecule has 2 N–H and O–H groups in total. The highest BCUT2D eigenvalue weighted by atomic mass is 35.5. The number of nitro benzene ring substituents is 1. The first-order valence-corrected chi connectivity index (χ1v) is 8.98. The molecule has 0 bridgehead atoms. The first-order chi connectivity index (χ1) is 13.7. The van der Waals surface area contributed by atoms with Gasteiger partial charge < -0.3 is 15.4 Å². The highest BCUT2D eigenvalue weighted by Gasteiger charge is 2.21. The maximum absolute atomic E-state index is 12.4. The predicted molar refractivity (Wildman–Crippen MR) is 110 cm³/mol. The Balaban J connectivity index is 1.94. The number of hydrogen-bond acceptors (Lipinski definition) is 6. The molecular weight excluding hydrogens is 400 g/mol. The SMILES string of the molecule is COc1ccc(Cl)cc1NC(=O)CN(C)C(C)C(=O)Nc1ccc([N+](=O)[O-])cc1. The molecule has 0 fully saturated rings. The number of amides is 2. The van der Waals surface area contributed by atoms with E-state index in [2.05, 4.69) is 10.6 Å². The van der Waals surface area contributed by atoms with Gasteiger partial charge in [0.2, 0.25) is 11.8 Å². The minimum absolute atomic E-state index is 0.0511. The van der Waals surface area contributed by atoms with Crippen molar-refractivity contribution in [3.8, 4) is 5.75 Å². The highest BCUT2D eigenvalue weighted by molar-refractivity contribution is 6.31. The van der Waals surface area contributed by atoms with Crippen molar-refractivity contribution in [3.05, 3.63) is 57.6 Å². The number of carbonyl (C=O) groups is 2. The van der Waals surface area contributed by atoms with Gasteiger partial charge in [-0.05, 0) is 44.3 Å². The number of likely N-dealkylation sites (N-methyl/N-ethyl adjacent to an activating group) is 1. The summed E-state index contributed by atoms with van der Waals surface area (Å²) in [5, 5.41) is 16.5. The fraction of sp³-hybridized carbons (Fsp3) is 0.263. The highest BCUT2D eigenvalue weighted by Crippen LogP contribution is 2.27. The molecule has 0 spiro atoms. The molecule has 0 saturated carbocycles. The quantitative estimate of drug-likeness (QED) is 0.501. The number of hydrogen-bond donors (Lipinski definition) is 2. The molecule has 1 unspecified atom stereocenters. The van der Waals surface area contributed by atoms with Crippen LogP contribution in [0.4, 0.5) is 17.1 Å². The van der Waals surface area contributed by atoms with Crippen LogP contribution in [0.3, 0.4) is 0 Å². The van der Waals surface area contributed by atoms with E-state index in [9.17, 15) is 19.7 Å². The lowest BCUT2D eigenvalue weighted by atomic mass is 10.2. The van der Waals surface area contributed by atoms with E-state index in [1.54, 1.807) is 37.1 Å². The van der Waals surface area contributed by atoms with Crippen LogP contribution in [0.25, 0.3) is 0 Å². The molecule has 0 aromatic heterocycles. The number of halogens is 1. The molecule has 0 saturated heterocycles. The van der Waals surface area contributed by atoms with Crippen LogP contribution in [0.1, 0.15) is 6.92 Å². The molecule has 1 atom stereocenters. The lowest BCUT2D eigenvalue weighted by Crippen LogP contribution is -2.43. The van der Waals surface area contributed by atoms with Crippen molar-refractivity contribution >= 4 is 40.5 Å². The topological polar surface area (TPSA) is 114 Å². The molecule has 2 aromatic rings. The predicted octanol–water partition coefficient (Wildman–Crippen LogP) is 3.15. The Morgan fingerprint density at radius 3 is 2.45 bits per heavy atom. The number of benzene rings is 2. The van der Waals surface area contributed by atoms with Gasteiger partial charge in [0.05, 0.1) is 30.3 Å². The molecule has 0 aliphatic rings. The van der Waals surface area contributed by atoms with E-state index in [0.29, 0.717) is 22.1 Å². The van der Waals surface area contributed by atoms with Crippen molar-refractivity contribution in [2.75, 3.05) is 31.3 Å². The molecule has 2 amide bonds. The first kappa shape index (κ1) is 22.1. The smallest absolute Gasteiger partial charge is 0.269 e. The van der Waals surface area contributed by atoms with E-state index in [-0.39, 0.29) is 24.0 Å². The van der Waals surface area contributed by atoms with Gasteiger partial charge in [-0.1, -0.05) is 11.6 Å². The molecular formula is C19H21ClN4O5. The van der Waals surface area contributed by atoms with E-state index in [0.717, 1.165) is 0 Å². The average Bonchev–Trinajstić information content (AvgIpc) is 2.67. The summed E-state index contributed by atoms with van der Waals surface area (Å²) in [6.45, 7) is 1.60. The van der Waals surface area contributed by atoms with Crippen LogP contribution < -0.4 is 15.4 Å². The Kier molecular flexibility index (Phi) is 7.52. The molecule has 0 aliphatic heterocycles. The first-order valence-electron chi connectivity index (χ1n) is 8.60. The molecule has 154 valence electrons. The third-order valence-corrected chi connectivity index (χ3v) is 4.45. The molecule has 0 radical (unpaired) electrons. The zero-order chi connectivity index (χ0) is 21.6. The second kappa shape index (κ2) is 9.85. The lowest BCUT2D eigenvalue weighted by molar-refractivity contribution is -0.384. The summed E-state index contributed by atoms with van der Waals surface area (Å²) < 4.78 is 5.19. The minimum Gasteiger partial charge on any atom is -0.495 e. The zero-order valence-electron chi connectivity index (χ0n) is 16.1. The van der Waals surface area contributed by atoms with Gasteiger partial charge in [-0.3, -0.25) is 24.6 Å². The van der Waals surface area contributed by atoms with Crippen molar-refractivity contribution < 1.29 is 19.2 Å². The van der Waals surface area contributed by atoms with Crippen LogP contribution in [0.2, 0.25) is 5.02 Å². The summed E-state index contributed by atoms with van der Waals surface area (Å²) in [5.74, 6) is -0.230. The van der Waals surface area contributed by atoms with Crippen LogP contribution in [-0.4, -0.2) is 48.4 Å². The minimum atomic E-state index is -0.628. The maximum Gasteiger partial charge on any atom is 0.269 e. The Labute approximate surface area is 172 Å². The number of anilines is 2. The van der Waals surface area contributed by atoms with Gasteiger partial charge in [-0.2, -0.15) is 0 Å². The van der Waals surface area contributed by atoms with Crippen molar-refractivity contribution in [1.29, 1.82) is 0 Å². The Hall–Kier alpha value is -3.17. The van der Waals surface area contributed by atoms with E-state index in [4.69, 9.17) is 16.3 Å². The van der Waals surface area contributed by atoms with Gasteiger partial charge in [0, 0.05) is 22.8 Å². The second-order valence-corrected chi connectivity index (χ2v) is 6.71. The number of rotatable bonds is 8. The maximum atomic E-state index is 12.4. The lowest BCUT2D eigenvalue weighted by Gasteiger charge is -2.23. The summed E-state index contributed by atoms with van der Waals surface area (Å²) in [7, 11) is 3.12. The van der Waals surface area contributed by atoms with E-state index in [1.807, 2.05) is 0 Å². The van der Waals surface area contributed by atoms with Gasteiger partial charge in [0.1, 0.15) is 5.75 Å². The second-order valence-electron chi connectivity index (χ2n) is 6.28. The molecule has 0 aliphatic carbocycles. The Morgan fingerprint density at radius 1 is 1.21 bits per heavy atom. The fourth-order valence-electron chi connectivity index (χ4n) is 2.44. The van der Waals surface area contributed by atoms with Gasteiger partial charge in [0.25, 0.3) is 5.69 Å². The summed E-state index contributed by atoms with van der Waals surface area (Å²) in [5.41, 5.74) is 0.789. The molecule has 9 nitrogen and oxygen atoms in total. The van der Waals surface area contributed by atoms with Gasteiger partial charge in [-0.25, -0.2) is 0 Å². The Bertz CT molecular complexity index is 904. The van der Waals surface area contributed by atoms with Crippen LogP contribution in [0, 0.1) is 10.1 Å². The summed E-state index contributed by atoms with van der Waals surface area (Å²) in [4.78, 5) is 36.5. The number of ether oxygens (including phenoxy) is 1. The van der Waals surface area contributed by atoms with E-state index >= 15 is 0 Å². The normalized spacial score (nSPS) is 11.6. The van der Waals surface area contributed by atoms with Crippen molar-refractivity contribution in [3.63, 3.8) is 0 Å². The number of nitro groups is 1. The molecule has 0 heterocycles. The monoisotopic (exact) mass is 420 g/mol. The summed E-state index contributed by atoms with van der Waals surface area (Å²) >= 11 is 5.95. The number of non-ortho nitro benzene ring substituents is 1. The number of methoxy groups -OCH3 is 1. The van der Waals surface area contributed by atoms with Crippen molar-refractivity contribution in [2.24, 2.45) is 0 Å². The van der Waals surface area contributed by atoms with Gasteiger partial charge in [0.15, 0.2) is 0 Å². The van der Waals surface area contributed by atoms with Crippen LogP contribution in [-0.2, 0) is 9.59 Å². The van der Waals surface area contributed by atoms with Gasteiger partial charge >= 0.3 is 0 Å². The summed E-state index contributed by atoms with van der Waals surface area (Å²) in [6.07, 6.45) is 0. The van der Waals surface area contributed by atoms with E-state index in [1.165, 1.54) is 31.4 Å². The number of nitrogens with one attached hydrogen (secondary N) is 2. The molecule has 29 heavy (non-hydrogen) atoms. The van der Waals surface area contributed by atoms with Crippen LogP contribution >= 0.6 is 11.6 Å². The van der Waals surface area contributed by atoms with Gasteiger partial charge in [-0.15, -0.1) is 0 Å². The average molecular weight is 421 g/mol. The number of carbonyl (C=O) groups excluding carboxylic acids is 2. The third kappa shape index (κ3) is 6.16. The van der Waals surface area contributed by atoms with Crippen LogP contribution in [0.15, 0.2) is 42.5 Å². The Morgan fingerprint density at radius 2 is 1.86 bits per heavy atom. The fourth-order valence-corrected chi connectivity index (χ4v) is 2.62. The standard InChI is InChI=1S/C19H21ClN4O5/c1-12(19(26)21-14-5-7-15(8-6-14)24(27)28)23(2)11-18(25)22-16-10-13(20)4-9-17(16)29-3/h4-10,12H,11H2,1-3H3,(H,21,26)(H,22,25). The molecule has 2 aromatic carbocycles. The summed E-state index contributed by atoms with van der Waals surface area (Å²) in [6, 6.07) is 9.72. The van der Waals surface area contributed by atoms with Crippen molar-refractivity contribution in [1.82, 2.24) is 4.90 Å². The third-order valence-electron chi connectivity index (χ3n) is 4.21. The van der Waals surface area contributed by atoms with E-state index < -0.39 is 11.0 Å².